The summed E-state index contributed by atoms with van der Waals surface area (Å²) in [7, 11) is 0. The lowest BCUT2D eigenvalue weighted by molar-refractivity contribution is 0.144. The first-order chi connectivity index (χ1) is 8.08. The lowest BCUT2D eigenvalue weighted by atomic mass is 10.1. The summed E-state index contributed by atoms with van der Waals surface area (Å²) in [6.07, 6.45) is 1.79. The van der Waals surface area contributed by atoms with Crippen LogP contribution in [0.1, 0.15) is 37.6 Å². The summed E-state index contributed by atoms with van der Waals surface area (Å²) in [4.78, 5) is 10.3. The van der Waals surface area contributed by atoms with E-state index in [2.05, 4.69) is 28.7 Å². The van der Waals surface area contributed by atoms with Gasteiger partial charge < -0.3 is 15.7 Å². The number of aryl methyl sites for hydroxylation is 1. The van der Waals surface area contributed by atoms with Crippen LogP contribution in [0.25, 0.3) is 0 Å². The molecule has 0 saturated carbocycles. The number of rotatable bonds is 6. The van der Waals surface area contributed by atoms with Crippen molar-refractivity contribution in [3.05, 3.63) is 17.5 Å². The molecule has 96 valence electrons. The molecular formula is C12H22N4O. The van der Waals surface area contributed by atoms with Gasteiger partial charge in [0, 0.05) is 24.0 Å². The zero-order valence-corrected chi connectivity index (χ0v) is 10.8. The highest BCUT2D eigenvalue weighted by Crippen LogP contribution is 2.19. The van der Waals surface area contributed by atoms with E-state index in [0.717, 1.165) is 30.9 Å². The number of aliphatic hydroxyl groups excluding tert-OH is 1. The fourth-order valence-electron chi connectivity index (χ4n) is 1.82. The van der Waals surface area contributed by atoms with Gasteiger partial charge in [-0.05, 0) is 26.4 Å². The Kier molecular flexibility index (Phi) is 5.31. The molecule has 1 aromatic rings. The Balaban J connectivity index is 2.60. The lowest BCUT2D eigenvalue weighted by Gasteiger charge is -2.20. The Labute approximate surface area is 103 Å². The van der Waals surface area contributed by atoms with E-state index in [1.807, 2.05) is 6.92 Å². The van der Waals surface area contributed by atoms with Crippen LogP contribution in [-0.2, 0) is 0 Å². The third-order valence-corrected chi connectivity index (χ3v) is 3.01. The summed E-state index contributed by atoms with van der Waals surface area (Å²) < 4.78 is 0. The van der Waals surface area contributed by atoms with Crippen molar-refractivity contribution in [2.75, 3.05) is 25.4 Å². The molecule has 1 atom stereocenters. The van der Waals surface area contributed by atoms with Crippen LogP contribution < -0.4 is 5.73 Å². The van der Waals surface area contributed by atoms with Crippen molar-refractivity contribution in [3.8, 4) is 0 Å². The van der Waals surface area contributed by atoms with E-state index in [1.165, 1.54) is 0 Å². The van der Waals surface area contributed by atoms with Crippen molar-refractivity contribution in [2.24, 2.45) is 0 Å². The summed E-state index contributed by atoms with van der Waals surface area (Å²) >= 11 is 0. The Morgan fingerprint density at radius 3 is 2.59 bits per heavy atom. The molecule has 0 spiro atoms. The van der Waals surface area contributed by atoms with Crippen LogP contribution in [0.2, 0.25) is 0 Å². The lowest BCUT2D eigenvalue weighted by Crippen LogP contribution is -2.25. The normalized spacial score (nSPS) is 13.0. The Morgan fingerprint density at radius 1 is 1.41 bits per heavy atom. The van der Waals surface area contributed by atoms with Crippen LogP contribution in [0.3, 0.4) is 0 Å². The second kappa shape index (κ2) is 6.51. The van der Waals surface area contributed by atoms with E-state index in [-0.39, 0.29) is 5.95 Å². The molecule has 0 fully saturated rings. The summed E-state index contributed by atoms with van der Waals surface area (Å²) in [5.41, 5.74) is 7.00. The summed E-state index contributed by atoms with van der Waals surface area (Å²) in [6.45, 7) is 8.95. The molecule has 1 rings (SSSR count). The monoisotopic (exact) mass is 238 g/mol. The SMILES string of the molecule is CCN(CC)CCC(O)c1cnc(N)nc1C. The van der Waals surface area contributed by atoms with Gasteiger partial charge in [-0.3, -0.25) is 0 Å². The van der Waals surface area contributed by atoms with E-state index < -0.39 is 6.10 Å². The molecular weight excluding hydrogens is 216 g/mol. The molecule has 1 aromatic heterocycles. The van der Waals surface area contributed by atoms with Gasteiger partial charge in [-0.1, -0.05) is 13.8 Å². The minimum absolute atomic E-state index is 0.252. The highest BCUT2D eigenvalue weighted by molar-refractivity contribution is 5.25. The number of anilines is 1. The van der Waals surface area contributed by atoms with Crippen molar-refractivity contribution in [1.82, 2.24) is 14.9 Å². The van der Waals surface area contributed by atoms with Crippen LogP contribution in [0.15, 0.2) is 6.20 Å². The Morgan fingerprint density at radius 2 is 2.06 bits per heavy atom. The summed E-state index contributed by atoms with van der Waals surface area (Å²) in [5.74, 6) is 0.252. The summed E-state index contributed by atoms with van der Waals surface area (Å²) in [6, 6.07) is 0. The molecule has 1 unspecified atom stereocenters. The van der Waals surface area contributed by atoms with Crippen molar-refractivity contribution in [2.45, 2.75) is 33.3 Å². The first kappa shape index (κ1) is 13.9. The molecule has 5 heteroatoms. The van der Waals surface area contributed by atoms with Gasteiger partial charge in [0.1, 0.15) is 0 Å². The van der Waals surface area contributed by atoms with E-state index in [0.29, 0.717) is 6.42 Å². The molecule has 3 N–H and O–H groups in total. The van der Waals surface area contributed by atoms with Gasteiger partial charge >= 0.3 is 0 Å². The predicted octanol–water partition coefficient (Wildman–Crippen LogP) is 1.13. The van der Waals surface area contributed by atoms with Gasteiger partial charge in [0.05, 0.1) is 6.10 Å². The second-order valence-corrected chi connectivity index (χ2v) is 4.10. The number of nitrogens with two attached hydrogens (primary N) is 1. The molecule has 5 nitrogen and oxygen atoms in total. The van der Waals surface area contributed by atoms with Gasteiger partial charge in [-0.25, -0.2) is 9.97 Å². The average Bonchev–Trinajstić information content (AvgIpc) is 2.30. The first-order valence-electron chi connectivity index (χ1n) is 6.07. The third kappa shape index (κ3) is 3.94. The molecule has 0 amide bonds. The standard InChI is InChI=1S/C12H22N4O/c1-4-16(5-2)7-6-11(17)10-8-14-12(13)15-9(10)3/h8,11,17H,4-7H2,1-3H3,(H2,13,14,15). The second-order valence-electron chi connectivity index (χ2n) is 4.10. The fourth-order valence-corrected chi connectivity index (χ4v) is 1.82. The molecule has 0 aliphatic carbocycles. The quantitative estimate of drug-likeness (QED) is 0.777. The van der Waals surface area contributed by atoms with Crippen LogP contribution in [0.4, 0.5) is 5.95 Å². The van der Waals surface area contributed by atoms with Crippen molar-refractivity contribution in [3.63, 3.8) is 0 Å². The van der Waals surface area contributed by atoms with E-state index >= 15 is 0 Å². The fraction of sp³-hybridized carbons (Fsp3) is 0.667. The molecule has 0 radical (unpaired) electrons. The number of nitrogens with zero attached hydrogens (tertiary/aromatic N) is 3. The number of hydrogen-bond donors (Lipinski definition) is 2. The highest BCUT2D eigenvalue weighted by atomic mass is 16.3. The van der Waals surface area contributed by atoms with Crippen LogP contribution >= 0.6 is 0 Å². The van der Waals surface area contributed by atoms with Crippen molar-refractivity contribution < 1.29 is 5.11 Å². The Bertz CT molecular complexity index is 352. The molecule has 0 aliphatic rings. The first-order valence-corrected chi connectivity index (χ1v) is 6.07. The predicted molar refractivity (Wildman–Crippen MR) is 68.5 cm³/mol. The number of hydrogen-bond acceptors (Lipinski definition) is 5. The van der Waals surface area contributed by atoms with Gasteiger partial charge in [0.15, 0.2) is 0 Å². The summed E-state index contributed by atoms with van der Waals surface area (Å²) in [5, 5.41) is 10.1. The van der Waals surface area contributed by atoms with Crippen molar-refractivity contribution in [1.29, 1.82) is 0 Å². The number of aromatic nitrogens is 2. The molecule has 17 heavy (non-hydrogen) atoms. The molecule has 0 bridgehead atoms. The molecule has 0 aliphatic heterocycles. The van der Waals surface area contributed by atoms with Gasteiger partial charge in [-0.2, -0.15) is 0 Å². The third-order valence-electron chi connectivity index (χ3n) is 3.01. The number of nitrogen functional groups attached to an aromatic ring is 1. The van der Waals surface area contributed by atoms with Gasteiger partial charge in [-0.15, -0.1) is 0 Å². The molecule has 0 saturated heterocycles. The molecule has 1 heterocycles. The van der Waals surface area contributed by atoms with Crippen LogP contribution in [-0.4, -0.2) is 39.6 Å². The highest BCUT2D eigenvalue weighted by Gasteiger charge is 2.13. The number of aliphatic hydroxyl groups is 1. The molecule has 0 aromatic carbocycles. The largest absolute Gasteiger partial charge is 0.388 e. The van der Waals surface area contributed by atoms with Crippen molar-refractivity contribution >= 4 is 5.95 Å². The van der Waals surface area contributed by atoms with Gasteiger partial charge in [0.2, 0.25) is 5.95 Å². The maximum absolute atomic E-state index is 10.1. The van der Waals surface area contributed by atoms with E-state index in [9.17, 15) is 5.11 Å². The minimum Gasteiger partial charge on any atom is -0.388 e. The maximum Gasteiger partial charge on any atom is 0.220 e. The minimum atomic E-state index is -0.517. The topological polar surface area (TPSA) is 75.3 Å². The maximum atomic E-state index is 10.1. The van der Waals surface area contributed by atoms with Crippen LogP contribution in [0, 0.1) is 6.92 Å². The smallest absolute Gasteiger partial charge is 0.220 e. The Hall–Kier alpha value is -1.20. The van der Waals surface area contributed by atoms with E-state index in [1.54, 1.807) is 6.20 Å². The zero-order chi connectivity index (χ0) is 12.8. The van der Waals surface area contributed by atoms with Gasteiger partial charge in [0.25, 0.3) is 0 Å². The average molecular weight is 238 g/mol. The van der Waals surface area contributed by atoms with E-state index in [4.69, 9.17) is 5.73 Å². The zero-order valence-electron chi connectivity index (χ0n) is 10.8. The van der Waals surface area contributed by atoms with Crippen LogP contribution in [0.5, 0.6) is 0 Å².